The smallest absolute Gasteiger partial charge is 0.153 e. The molecule has 0 unspecified atom stereocenters. The Hall–Kier alpha value is -1.05. The monoisotopic (exact) mass is 208 g/mol. The van der Waals surface area contributed by atoms with Crippen LogP contribution in [0.1, 0.15) is 19.5 Å². The summed E-state index contributed by atoms with van der Waals surface area (Å²) in [4.78, 5) is 4.75. The van der Waals surface area contributed by atoms with Crippen LogP contribution < -0.4 is 0 Å². The minimum absolute atomic E-state index is 0.418. The van der Waals surface area contributed by atoms with Gasteiger partial charge in [0.05, 0.1) is 5.60 Å². The number of nitrogens with zero attached hydrogens (tertiary/aromatic N) is 2. The fourth-order valence-electron chi connectivity index (χ4n) is 0.845. The highest BCUT2D eigenvalue weighted by Gasteiger charge is 2.14. The first-order valence-corrected chi connectivity index (χ1v) is 5.22. The zero-order valence-electron chi connectivity index (χ0n) is 8.19. The second-order valence-corrected chi connectivity index (χ2v) is 4.58. The summed E-state index contributed by atoms with van der Waals surface area (Å²) in [7, 11) is 0. The van der Waals surface area contributed by atoms with Gasteiger partial charge in [0.1, 0.15) is 6.07 Å². The molecule has 3 nitrogen and oxygen atoms in total. The van der Waals surface area contributed by atoms with Gasteiger partial charge in [-0.05, 0) is 26.0 Å². The average Bonchev–Trinajstić information content (AvgIpc) is 2.14. The van der Waals surface area contributed by atoms with Crippen molar-refractivity contribution in [2.24, 2.45) is 0 Å². The highest BCUT2D eigenvalue weighted by molar-refractivity contribution is 7.99. The molecule has 0 aromatic carbocycles. The Labute approximate surface area is 87.8 Å². The van der Waals surface area contributed by atoms with E-state index < -0.39 is 5.60 Å². The van der Waals surface area contributed by atoms with E-state index in [2.05, 4.69) is 4.98 Å². The largest absolute Gasteiger partial charge is 0.390 e. The van der Waals surface area contributed by atoms with Crippen LogP contribution in [0.25, 0.3) is 0 Å². The van der Waals surface area contributed by atoms with Crippen LogP contribution >= 0.6 is 11.8 Å². The number of thioether (sulfide) groups is 1. The van der Waals surface area contributed by atoms with E-state index in [0.29, 0.717) is 11.4 Å². The molecule has 1 rings (SSSR count). The number of nitriles is 1. The van der Waals surface area contributed by atoms with Crippen molar-refractivity contribution < 1.29 is 5.11 Å². The minimum Gasteiger partial charge on any atom is -0.390 e. The Morgan fingerprint density at radius 1 is 1.64 bits per heavy atom. The molecule has 0 saturated carbocycles. The zero-order valence-corrected chi connectivity index (χ0v) is 9.01. The molecule has 0 saturated heterocycles. The van der Waals surface area contributed by atoms with Crippen molar-refractivity contribution in [3.63, 3.8) is 0 Å². The first kappa shape index (κ1) is 11.0. The molecule has 14 heavy (non-hydrogen) atoms. The van der Waals surface area contributed by atoms with E-state index in [0.717, 1.165) is 4.90 Å². The summed E-state index contributed by atoms with van der Waals surface area (Å²) < 4.78 is 0. The summed E-state index contributed by atoms with van der Waals surface area (Å²) in [6.07, 6.45) is 1.59. The highest BCUT2D eigenvalue weighted by Crippen LogP contribution is 2.24. The van der Waals surface area contributed by atoms with Gasteiger partial charge in [-0.2, -0.15) is 5.26 Å². The van der Waals surface area contributed by atoms with E-state index in [-0.39, 0.29) is 0 Å². The third-order valence-corrected chi connectivity index (χ3v) is 2.95. The number of aromatic nitrogens is 1. The number of hydrogen-bond donors (Lipinski definition) is 1. The van der Waals surface area contributed by atoms with Crippen LogP contribution in [0.3, 0.4) is 0 Å². The van der Waals surface area contributed by atoms with Crippen LogP contribution in [0.4, 0.5) is 0 Å². The van der Waals surface area contributed by atoms with Crippen LogP contribution in [-0.2, 0) is 0 Å². The predicted octanol–water partition coefficient (Wildman–Crippen LogP) is 1.82. The second kappa shape index (κ2) is 4.45. The number of pyridine rings is 1. The van der Waals surface area contributed by atoms with E-state index in [1.807, 2.05) is 12.1 Å². The van der Waals surface area contributed by atoms with Gasteiger partial charge in [-0.3, -0.25) is 0 Å². The van der Waals surface area contributed by atoms with Crippen LogP contribution in [0.2, 0.25) is 0 Å². The van der Waals surface area contributed by atoms with Crippen molar-refractivity contribution in [3.8, 4) is 6.07 Å². The summed E-state index contributed by atoms with van der Waals surface area (Å²) >= 11 is 1.44. The molecule has 0 fully saturated rings. The topological polar surface area (TPSA) is 56.9 Å². The van der Waals surface area contributed by atoms with Crippen LogP contribution in [0.15, 0.2) is 23.2 Å². The third-order valence-electron chi connectivity index (χ3n) is 1.46. The van der Waals surface area contributed by atoms with Crippen molar-refractivity contribution in [1.82, 2.24) is 4.98 Å². The second-order valence-electron chi connectivity index (χ2n) is 3.56. The van der Waals surface area contributed by atoms with E-state index in [9.17, 15) is 5.11 Å². The van der Waals surface area contributed by atoms with Crippen LogP contribution in [-0.4, -0.2) is 21.4 Å². The molecule has 1 aromatic rings. The molecular weight excluding hydrogens is 196 g/mol. The van der Waals surface area contributed by atoms with E-state index in [1.165, 1.54) is 11.8 Å². The van der Waals surface area contributed by atoms with Crippen LogP contribution in [0, 0.1) is 11.3 Å². The molecule has 0 atom stereocenters. The van der Waals surface area contributed by atoms with Gasteiger partial charge in [0.2, 0.25) is 0 Å². The number of hydrogen-bond acceptors (Lipinski definition) is 4. The van der Waals surface area contributed by atoms with E-state index >= 15 is 0 Å². The molecular formula is C10H12N2OS. The van der Waals surface area contributed by atoms with E-state index in [4.69, 9.17) is 5.26 Å². The lowest BCUT2D eigenvalue weighted by Crippen LogP contribution is -2.21. The molecule has 0 aliphatic carbocycles. The van der Waals surface area contributed by atoms with Gasteiger partial charge in [-0.1, -0.05) is 0 Å². The molecule has 0 radical (unpaired) electrons. The maximum atomic E-state index is 9.52. The molecule has 0 aliphatic heterocycles. The molecule has 4 heteroatoms. The summed E-state index contributed by atoms with van der Waals surface area (Å²) in [5.74, 6) is 0.549. The summed E-state index contributed by atoms with van der Waals surface area (Å²) in [6.45, 7) is 3.48. The number of aliphatic hydroxyl groups is 1. The molecule has 1 aromatic heterocycles. The maximum absolute atomic E-state index is 9.52. The SMILES string of the molecule is CC(C)(O)CSc1cccnc1C#N. The maximum Gasteiger partial charge on any atom is 0.153 e. The third kappa shape index (κ3) is 3.36. The molecule has 0 spiro atoms. The molecule has 74 valence electrons. The quantitative estimate of drug-likeness (QED) is 0.770. The summed E-state index contributed by atoms with van der Waals surface area (Å²) in [6, 6.07) is 5.64. The minimum atomic E-state index is -0.729. The lowest BCUT2D eigenvalue weighted by Gasteiger charge is -2.16. The lowest BCUT2D eigenvalue weighted by atomic mass is 10.2. The highest BCUT2D eigenvalue weighted by atomic mass is 32.2. The van der Waals surface area contributed by atoms with Gasteiger partial charge in [0.25, 0.3) is 0 Å². The zero-order chi connectivity index (χ0) is 10.6. The summed E-state index contributed by atoms with van der Waals surface area (Å²) in [5, 5.41) is 18.3. The van der Waals surface area contributed by atoms with Gasteiger partial charge in [0, 0.05) is 16.8 Å². The normalized spacial score (nSPS) is 11.0. The predicted molar refractivity (Wildman–Crippen MR) is 56.0 cm³/mol. The molecule has 0 amide bonds. The Morgan fingerprint density at radius 3 is 2.93 bits per heavy atom. The Morgan fingerprint density at radius 2 is 2.36 bits per heavy atom. The molecule has 1 N–H and O–H groups in total. The van der Waals surface area contributed by atoms with Crippen molar-refractivity contribution in [3.05, 3.63) is 24.0 Å². The van der Waals surface area contributed by atoms with Gasteiger partial charge < -0.3 is 5.11 Å². The van der Waals surface area contributed by atoms with Gasteiger partial charge >= 0.3 is 0 Å². The molecule has 0 aliphatic rings. The fraction of sp³-hybridized carbons (Fsp3) is 0.400. The van der Waals surface area contributed by atoms with Crippen molar-refractivity contribution >= 4 is 11.8 Å². The average molecular weight is 208 g/mol. The molecule has 0 bridgehead atoms. The number of rotatable bonds is 3. The first-order valence-electron chi connectivity index (χ1n) is 4.23. The fourth-order valence-corrected chi connectivity index (χ4v) is 1.76. The van der Waals surface area contributed by atoms with Crippen molar-refractivity contribution in [1.29, 1.82) is 5.26 Å². The molecule has 1 heterocycles. The van der Waals surface area contributed by atoms with Crippen molar-refractivity contribution in [2.75, 3.05) is 5.75 Å². The summed E-state index contributed by atoms with van der Waals surface area (Å²) in [5.41, 5.74) is -0.311. The Bertz CT molecular complexity index is 352. The van der Waals surface area contributed by atoms with Crippen LogP contribution in [0.5, 0.6) is 0 Å². The Balaban J connectivity index is 2.73. The van der Waals surface area contributed by atoms with E-state index in [1.54, 1.807) is 26.1 Å². The van der Waals surface area contributed by atoms with Gasteiger partial charge in [-0.25, -0.2) is 4.98 Å². The first-order chi connectivity index (χ1) is 6.53. The lowest BCUT2D eigenvalue weighted by molar-refractivity contribution is 0.107. The standard InChI is InChI=1S/C10H12N2OS/c1-10(2,13)7-14-9-4-3-5-12-8(9)6-11/h3-5,13H,7H2,1-2H3. The Kier molecular flexibility index (Phi) is 3.50. The van der Waals surface area contributed by atoms with Crippen molar-refractivity contribution in [2.45, 2.75) is 24.3 Å². The van der Waals surface area contributed by atoms with Gasteiger partial charge in [0.15, 0.2) is 5.69 Å². The van der Waals surface area contributed by atoms with Gasteiger partial charge in [-0.15, -0.1) is 11.8 Å².